The lowest BCUT2D eigenvalue weighted by atomic mass is 10.0. The number of rotatable bonds is 10. The highest BCUT2D eigenvalue weighted by Crippen LogP contribution is 2.33. The molecule has 0 aliphatic carbocycles. The normalized spacial score (nSPS) is 17.8. The van der Waals surface area contributed by atoms with Crippen molar-refractivity contribution in [1.29, 1.82) is 0 Å². The van der Waals surface area contributed by atoms with E-state index >= 15 is 0 Å². The Morgan fingerprint density at radius 3 is 2.79 bits per heavy atom. The molecule has 1 atom stereocenters. The Balaban J connectivity index is 1.55. The van der Waals surface area contributed by atoms with Crippen LogP contribution in [0.4, 0.5) is 11.8 Å². The van der Waals surface area contributed by atoms with Crippen LogP contribution >= 0.6 is 0 Å². The summed E-state index contributed by atoms with van der Waals surface area (Å²) in [6.07, 6.45) is 7.09. The highest BCUT2D eigenvalue weighted by Gasteiger charge is 2.30. The largest absolute Gasteiger partial charge is 0.496 e. The third kappa shape index (κ3) is 5.24. The van der Waals surface area contributed by atoms with Crippen LogP contribution in [0.1, 0.15) is 61.0 Å². The van der Waals surface area contributed by atoms with Crippen LogP contribution in [0.25, 0.3) is 0 Å². The van der Waals surface area contributed by atoms with Crippen molar-refractivity contribution in [3.8, 4) is 5.75 Å². The number of hydrazone groups is 1. The van der Waals surface area contributed by atoms with Gasteiger partial charge in [-0.15, -0.1) is 0 Å². The third-order valence-corrected chi connectivity index (χ3v) is 6.18. The zero-order valence-corrected chi connectivity index (χ0v) is 19.5. The van der Waals surface area contributed by atoms with E-state index in [1.54, 1.807) is 18.3 Å². The van der Waals surface area contributed by atoms with Crippen LogP contribution < -0.4 is 15.8 Å². The Bertz CT molecular complexity index is 1000. The molecule has 1 saturated heterocycles. The van der Waals surface area contributed by atoms with Gasteiger partial charge < -0.3 is 20.6 Å². The van der Waals surface area contributed by atoms with Crippen LogP contribution in [-0.2, 0) is 17.9 Å². The zero-order chi connectivity index (χ0) is 23.2. The van der Waals surface area contributed by atoms with Crippen molar-refractivity contribution in [2.75, 3.05) is 37.8 Å². The maximum Gasteiger partial charge on any atom is 0.222 e. The van der Waals surface area contributed by atoms with Crippen molar-refractivity contribution in [2.45, 2.75) is 51.7 Å². The predicted molar refractivity (Wildman–Crippen MR) is 129 cm³/mol. The summed E-state index contributed by atoms with van der Waals surface area (Å²) in [5, 5.41) is 9.59. The molecule has 1 aromatic carbocycles. The smallest absolute Gasteiger partial charge is 0.222 e. The minimum Gasteiger partial charge on any atom is -0.496 e. The second-order valence-electron chi connectivity index (χ2n) is 8.56. The molecule has 2 aliphatic heterocycles. The molecule has 3 N–H and O–H groups in total. The number of nitrogen functional groups attached to an aromatic ring is 1. The quantitative estimate of drug-likeness (QED) is 0.419. The number of fused-ring (bicyclic) bond motifs is 1. The summed E-state index contributed by atoms with van der Waals surface area (Å²) in [6, 6.07) is 5.63. The number of hydrogen-bond donors (Lipinski definition) is 2. The second-order valence-corrected chi connectivity index (χ2v) is 8.56. The number of carbonyl (C=O) groups is 1. The van der Waals surface area contributed by atoms with Gasteiger partial charge in [0.15, 0.2) is 0 Å². The Kier molecular flexibility index (Phi) is 7.39. The number of carbonyl (C=O) groups excluding carboxylic acids is 1. The first-order chi connectivity index (χ1) is 16.1. The van der Waals surface area contributed by atoms with Gasteiger partial charge >= 0.3 is 0 Å². The summed E-state index contributed by atoms with van der Waals surface area (Å²) in [6.45, 7) is 6.49. The molecule has 176 valence electrons. The monoisotopic (exact) mass is 451 g/mol. The van der Waals surface area contributed by atoms with Crippen LogP contribution in [0.5, 0.6) is 5.75 Å². The zero-order valence-electron chi connectivity index (χ0n) is 19.5. The first kappa shape index (κ1) is 23.0. The van der Waals surface area contributed by atoms with Gasteiger partial charge in [0.05, 0.1) is 31.1 Å². The van der Waals surface area contributed by atoms with Gasteiger partial charge in [0.1, 0.15) is 23.9 Å². The fourth-order valence-corrected chi connectivity index (χ4v) is 4.43. The Labute approximate surface area is 195 Å². The van der Waals surface area contributed by atoms with Gasteiger partial charge in [0, 0.05) is 18.7 Å². The van der Waals surface area contributed by atoms with Crippen molar-refractivity contribution >= 4 is 24.3 Å². The van der Waals surface area contributed by atoms with Crippen LogP contribution in [-0.4, -0.2) is 59.1 Å². The number of unbranched alkanes of at least 4 members (excludes halogenated alkanes) is 1. The fraction of sp³-hybridized carbons (Fsp3) is 0.500. The van der Waals surface area contributed by atoms with Gasteiger partial charge in [-0.3, -0.25) is 9.91 Å². The van der Waals surface area contributed by atoms with E-state index in [-0.39, 0.29) is 5.95 Å². The number of nitrogens with one attached hydrogen (secondary N) is 1. The molecular formula is C24H33N7O2. The van der Waals surface area contributed by atoms with E-state index in [4.69, 9.17) is 10.5 Å². The number of benzene rings is 1. The molecule has 1 fully saturated rings. The summed E-state index contributed by atoms with van der Waals surface area (Å²) >= 11 is 0. The predicted octanol–water partition coefficient (Wildman–Crippen LogP) is 2.96. The summed E-state index contributed by atoms with van der Waals surface area (Å²) in [7, 11) is 1.70. The molecule has 1 unspecified atom stereocenters. The number of likely N-dealkylation sites (tertiary alicyclic amines) is 1. The van der Waals surface area contributed by atoms with E-state index in [9.17, 15) is 4.79 Å². The lowest BCUT2D eigenvalue weighted by Gasteiger charge is -2.31. The SMILES string of the molecule is CCCCNc1nc(N)nc2c1C(C=O)N(Cc1ccc(CN3CCCC3)c(OC)c1)N=C2. The average Bonchev–Trinajstić information content (AvgIpc) is 3.33. The molecule has 2 aromatic rings. The topological polar surface area (TPSA) is 109 Å². The lowest BCUT2D eigenvalue weighted by molar-refractivity contribution is -0.112. The van der Waals surface area contributed by atoms with E-state index in [0.29, 0.717) is 23.6 Å². The third-order valence-electron chi connectivity index (χ3n) is 6.18. The maximum absolute atomic E-state index is 12.2. The van der Waals surface area contributed by atoms with Crippen LogP contribution in [0.2, 0.25) is 0 Å². The maximum atomic E-state index is 12.2. The number of ether oxygens (including phenoxy) is 1. The molecule has 2 aliphatic rings. The Morgan fingerprint density at radius 1 is 1.24 bits per heavy atom. The molecule has 0 saturated carbocycles. The summed E-state index contributed by atoms with van der Waals surface area (Å²) < 4.78 is 5.69. The minimum atomic E-state index is -0.606. The van der Waals surface area contributed by atoms with Crippen LogP contribution in [0, 0.1) is 0 Å². The minimum absolute atomic E-state index is 0.163. The number of anilines is 2. The Morgan fingerprint density at radius 2 is 2.06 bits per heavy atom. The summed E-state index contributed by atoms with van der Waals surface area (Å²) in [5.74, 6) is 1.62. The summed E-state index contributed by atoms with van der Waals surface area (Å²) in [4.78, 5) is 23.3. The molecule has 9 heteroatoms. The van der Waals surface area contributed by atoms with E-state index in [1.807, 2.05) is 6.07 Å². The van der Waals surface area contributed by atoms with Gasteiger partial charge in [-0.05, 0) is 44.0 Å². The van der Waals surface area contributed by atoms with Gasteiger partial charge in [0.25, 0.3) is 0 Å². The second kappa shape index (κ2) is 10.6. The van der Waals surface area contributed by atoms with Crippen molar-refractivity contribution in [3.05, 3.63) is 40.6 Å². The van der Waals surface area contributed by atoms with Crippen molar-refractivity contribution in [3.63, 3.8) is 0 Å². The van der Waals surface area contributed by atoms with Crippen LogP contribution in [0.15, 0.2) is 23.3 Å². The van der Waals surface area contributed by atoms with Gasteiger partial charge in [-0.1, -0.05) is 25.5 Å². The molecule has 33 heavy (non-hydrogen) atoms. The lowest BCUT2D eigenvalue weighted by Crippen LogP contribution is -2.31. The highest BCUT2D eigenvalue weighted by molar-refractivity contribution is 5.86. The fourth-order valence-electron chi connectivity index (χ4n) is 4.43. The van der Waals surface area contributed by atoms with E-state index in [0.717, 1.165) is 56.6 Å². The number of nitrogens with two attached hydrogens (primary N) is 1. The molecule has 0 amide bonds. The van der Waals surface area contributed by atoms with E-state index in [2.05, 4.69) is 44.3 Å². The highest BCUT2D eigenvalue weighted by atomic mass is 16.5. The molecule has 4 rings (SSSR count). The van der Waals surface area contributed by atoms with Gasteiger partial charge in [0.2, 0.25) is 5.95 Å². The number of methoxy groups -OCH3 is 1. The first-order valence-corrected chi connectivity index (χ1v) is 11.7. The average molecular weight is 452 g/mol. The summed E-state index contributed by atoms with van der Waals surface area (Å²) in [5.41, 5.74) is 9.37. The van der Waals surface area contributed by atoms with Crippen molar-refractivity contribution in [1.82, 2.24) is 19.9 Å². The van der Waals surface area contributed by atoms with E-state index < -0.39 is 6.04 Å². The standard InChI is InChI=1S/C24H33N7O2/c1-3-4-9-26-23-22-19(28-24(25)29-23)13-27-31(20(22)16-32)14-17-7-8-18(21(12-17)33-2)15-30-10-5-6-11-30/h7-8,12-13,16,20H,3-6,9-11,14-15H2,1-2H3,(H3,25,26,28,29). The molecule has 0 bridgehead atoms. The van der Waals surface area contributed by atoms with E-state index in [1.165, 1.54) is 18.4 Å². The molecule has 0 spiro atoms. The first-order valence-electron chi connectivity index (χ1n) is 11.7. The number of hydrogen-bond acceptors (Lipinski definition) is 9. The van der Waals surface area contributed by atoms with Crippen LogP contribution in [0.3, 0.4) is 0 Å². The van der Waals surface area contributed by atoms with Gasteiger partial charge in [-0.25, -0.2) is 4.98 Å². The van der Waals surface area contributed by atoms with Crippen molar-refractivity contribution in [2.24, 2.45) is 5.10 Å². The molecule has 3 heterocycles. The molecule has 0 radical (unpaired) electrons. The molecule has 9 nitrogen and oxygen atoms in total. The van der Waals surface area contributed by atoms with Gasteiger partial charge in [-0.2, -0.15) is 10.1 Å². The number of aromatic nitrogens is 2. The molecule has 1 aromatic heterocycles. The number of nitrogens with zero attached hydrogens (tertiary/aromatic N) is 5. The number of aldehydes is 1. The molecular weight excluding hydrogens is 418 g/mol. The Hall–Kier alpha value is -3.20. The van der Waals surface area contributed by atoms with Crippen molar-refractivity contribution < 1.29 is 9.53 Å².